The van der Waals surface area contributed by atoms with Crippen molar-refractivity contribution in [2.75, 3.05) is 40.4 Å². The summed E-state index contributed by atoms with van der Waals surface area (Å²) in [5.41, 5.74) is 3.28. The van der Waals surface area contributed by atoms with E-state index in [1.807, 2.05) is 28.0 Å². The Hall–Kier alpha value is -3.02. The third kappa shape index (κ3) is 5.53. The predicted molar refractivity (Wildman–Crippen MR) is 116 cm³/mol. The fourth-order valence-electron chi connectivity index (χ4n) is 3.65. The average Bonchev–Trinajstić information content (AvgIpc) is 2.78. The molecule has 30 heavy (non-hydrogen) atoms. The lowest BCUT2D eigenvalue weighted by atomic mass is 10.1. The summed E-state index contributed by atoms with van der Waals surface area (Å²) < 4.78 is 10.6. The molecule has 0 N–H and O–H groups in total. The van der Waals surface area contributed by atoms with Crippen molar-refractivity contribution in [1.29, 1.82) is 0 Å². The molecule has 0 radical (unpaired) electrons. The first kappa shape index (κ1) is 21.7. The molecule has 2 aromatic carbocycles. The van der Waals surface area contributed by atoms with Crippen molar-refractivity contribution in [2.24, 2.45) is 0 Å². The molecule has 6 heteroatoms. The maximum absolute atomic E-state index is 12.7. The van der Waals surface area contributed by atoms with Crippen LogP contribution in [0.5, 0.6) is 11.5 Å². The smallest absolute Gasteiger partial charge is 0.227 e. The van der Waals surface area contributed by atoms with E-state index in [4.69, 9.17) is 9.47 Å². The second-order valence-electron chi connectivity index (χ2n) is 7.61. The number of benzene rings is 2. The molecule has 6 nitrogen and oxygen atoms in total. The molecular formula is C24H30N2O4. The Bertz CT molecular complexity index is 871. The molecule has 0 bridgehead atoms. The van der Waals surface area contributed by atoms with Crippen LogP contribution in [0, 0.1) is 6.92 Å². The maximum Gasteiger partial charge on any atom is 0.227 e. The van der Waals surface area contributed by atoms with Crippen LogP contribution in [0.4, 0.5) is 0 Å². The zero-order valence-electron chi connectivity index (χ0n) is 18.0. The Morgan fingerprint density at radius 3 is 1.97 bits per heavy atom. The van der Waals surface area contributed by atoms with Gasteiger partial charge in [-0.25, -0.2) is 0 Å². The van der Waals surface area contributed by atoms with Gasteiger partial charge in [0.15, 0.2) is 11.5 Å². The Balaban J connectivity index is 1.46. The van der Waals surface area contributed by atoms with Crippen molar-refractivity contribution in [3.63, 3.8) is 0 Å². The molecule has 3 rings (SSSR count). The number of hydrogen-bond acceptors (Lipinski definition) is 4. The van der Waals surface area contributed by atoms with Gasteiger partial charge >= 0.3 is 0 Å². The molecule has 160 valence electrons. The quantitative estimate of drug-likeness (QED) is 0.704. The number of carbonyl (C=O) groups is 2. The van der Waals surface area contributed by atoms with E-state index in [9.17, 15) is 9.59 Å². The number of piperazine rings is 1. The van der Waals surface area contributed by atoms with E-state index in [2.05, 4.69) is 31.2 Å². The van der Waals surface area contributed by atoms with E-state index in [1.165, 1.54) is 11.1 Å². The fraction of sp³-hybridized carbons (Fsp3) is 0.417. The number of aryl methyl sites for hydroxylation is 2. The lowest BCUT2D eigenvalue weighted by molar-refractivity contribution is -0.139. The molecule has 2 aromatic rings. The van der Waals surface area contributed by atoms with Gasteiger partial charge < -0.3 is 19.3 Å². The molecule has 2 amide bonds. The third-order valence-corrected chi connectivity index (χ3v) is 5.54. The second-order valence-corrected chi connectivity index (χ2v) is 7.61. The van der Waals surface area contributed by atoms with Crippen LogP contribution in [0.2, 0.25) is 0 Å². The molecule has 0 aliphatic carbocycles. The van der Waals surface area contributed by atoms with Crippen molar-refractivity contribution in [1.82, 2.24) is 9.80 Å². The molecule has 0 aromatic heterocycles. The van der Waals surface area contributed by atoms with Gasteiger partial charge in [0, 0.05) is 32.6 Å². The van der Waals surface area contributed by atoms with Crippen LogP contribution < -0.4 is 9.47 Å². The Labute approximate surface area is 178 Å². The molecule has 1 heterocycles. The molecule has 0 unspecified atom stereocenters. The number of hydrogen-bond donors (Lipinski definition) is 0. The molecule has 0 atom stereocenters. The SMILES string of the molecule is COc1ccc(CC(=O)N2CCN(C(=O)CCc3ccc(C)cc3)CC2)cc1OC. The highest BCUT2D eigenvalue weighted by atomic mass is 16.5. The van der Waals surface area contributed by atoms with E-state index in [0.29, 0.717) is 50.5 Å². The highest BCUT2D eigenvalue weighted by Crippen LogP contribution is 2.27. The topological polar surface area (TPSA) is 59.1 Å². The minimum Gasteiger partial charge on any atom is -0.493 e. The minimum atomic E-state index is 0.0639. The summed E-state index contributed by atoms with van der Waals surface area (Å²) >= 11 is 0. The van der Waals surface area contributed by atoms with Gasteiger partial charge in [0.2, 0.25) is 11.8 Å². The maximum atomic E-state index is 12.7. The molecular weight excluding hydrogens is 380 g/mol. The molecule has 1 aliphatic heterocycles. The molecule has 1 aliphatic rings. The first-order valence-electron chi connectivity index (χ1n) is 10.3. The van der Waals surface area contributed by atoms with Gasteiger partial charge in [0.05, 0.1) is 20.6 Å². The lowest BCUT2D eigenvalue weighted by Gasteiger charge is -2.35. The number of rotatable bonds is 7. The number of carbonyl (C=O) groups excluding carboxylic acids is 2. The molecule has 0 saturated carbocycles. The van der Waals surface area contributed by atoms with Crippen molar-refractivity contribution >= 4 is 11.8 Å². The van der Waals surface area contributed by atoms with Gasteiger partial charge in [-0.3, -0.25) is 9.59 Å². The van der Waals surface area contributed by atoms with Gasteiger partial charge in [-0.15, -0.1) is 0 Å². The summed E-state index contributed by atoms with van der Waals surface area (Å²) in [5.74, 6) is 1.48. The third-order valence-electron chi connectivity index (χ3n) is 5.54. The summed E-state index contributed by atoms with van der Waals surface area (Å²) in [4.78, 5) is 28.9. The monoisotopic (exact) mass is 410 g/mol. The van der Waals surface area contributed by atoms with Crippen molar-refractivity contribution in [3.05, 3.63) is 59.2 Å². The van der Waals surface area contributed by atoms with Crippen LogP contribution in [0.15, 0.2) is 42.5 Å². The van der Waals surface area contributed by atoms with Crippen LogP contribution in [0.25, 0.3) is 0 Å². The normalized spacial score (nSPS) is 13.8. The number of ether oxygens (including phenoxy) is 2. The number of methoxy groups -OCH3 is 2. The summed E-state index contributed by atoms with van der Waals surface area (Å²) in [6, 6.07) is 13.8. The highest BCUT2D eigenvalue weighted by Gasteiger charge is 2.24. The van der Waals surface area contributed by atoms with E-state index in [0.717, 1.165) is 12.0 Å². The molecule has 0 spiro atoms. The van der Waals surface area contributed by atoms with Crippen LogP contribution >= 0.6 is 0 Å². The van der Waals surface area contributed by atoms with Gasteiger partial charge in [0.25, 0.3) is 0 Å². The van der Waals surface area contributed by atoms with Crippen LogP contribution in [-0.4, -0.2) is 62.0 Å². The van der Waals surface area contributed by atoms with Crippen molar-refractivity contribution < 1.29 is 19.1 Å². The molecule has 1 saturated heterocycles. The number of nitrogens with zero attached hydrogens (tertiary/aromatic N) is 2. The summed E-state index contributed by atoms with van der Waals surface area (Å²) in [7, 11) is 3.17. The van der Waals surface area contributed by atoms with Crippen LogP contribution in [0.3, 0.4) is 0 Å². The summed E-state index contributed by atoms with van der Waals surface area (Å²) in [5, 5.41) is 0. The van der Waals surface area contributed by atoms with E-state index >= 15 is 0 Å². The molecule has 1 fully saturated rings. The van der Waals surface area contributed by atoms with Crippen molar-refractivity contribution in [3.8, 4) is 11.5 Å². The Kier molecular flexibility index (Phi) is 7.33. The predicted octanol–water partition coefficient (Wildman–Crippen LogP) is 2.86. The average molecular weight is 411 g/mol. The largest absolute Gasteiger partial charge is 0.493 e. The van der Waals surface area contributed by atoms with E-state index < -0.39 is 0 Å². The van der Waals surface area contributed by atoms with Gasteiger partial charge in [-0.05, 0) is 36.6 Å². The van der Waals surface area contributed by atoms with Gasteiger partial charge in [-0.1, -0.05) is 35.9 Å². The zero-order valence-corrected chi connectivity index (χ0v) is 18.0. The van der Waals surface area contributed by atoms with Gasteiger partial charge in [-0.2, -0.15) is 0 Å². The standard InChI is InChI=1S/C24H30N2O4/c1-18-4-6-19(7-5-18)9-11-23(27)25-12-14-26(15-13-25)24(28)17-20-8-10-21(29-2)22(16-20)30-3/h4-8,10,16H,9,11-15,17H2,1-3H3. The van der Waals surface area contributed by atoms with Crippen LogP contribution in [0.1, 0.15) is 23.1 Å². The Morgan fingerprint density at radius 1 is 0.800 bits per heavy atom. The van der Waals surface area contributed by atoms with Crippen molar-refractivity contribution in [2.45, 2.75) is 26.2 Å². The first-order valence-corrected chi connectivity index (χ1v) is 10.3. The summed E-state index contributed by atoms with van der Waals surface area (Å²) in [6.45, 7) is 4.38. The number of amides is 2. The Morgan fingerprint density at radius 2 is 1.37 bits per heavy atom. The van der Waals surface area contributed by atoms with Crippen LogP contribution in [-0.2, 0) is 22.4 Å². The van der Waals surface area contributed by atoms with E-state index in [-0.39, 0.29) is 11.8 Å². The summed E-state index contributed by atoms with van der Waals surface area (Å²) in [6.07, 6.45) is 1.56. The van der Waals surface area contributed by atoms with Gasteiger partial charge in [0.1, 0.15) is 0 Å². The second kappa shape index (κ2) is 10.1. The first-order chi connectivity index (χ1) is 14.5. The fourth-order valence-corrected chi connectivity index (χ4v) is 3.65. The highest BCUT2D eigenvalue weighted by molar-refractivity contribution is 5.80. The zero-order chi connectivity index (χ0) is 21.5. The van der Waals surface area contributed by atoms with E-state index in [1.54, 1.807) is 14.2 Å². The minimum absolute atomic E-state index is 0.0639. The lowest BCUT2D eigenvalue weighted by Crippen LogP contribution is -2.51.